The van der Waals surface area contributed by atoms with Gasteiger partial charge in [0, 0.05) is 48.3 Å². The van der Waals surface area contributed by atoms with Gasteiger partial charge in [0.2, 0.25) is 0 Å². The summed E-state index contributed by atoms with van der Waals surface area (Å²) in [5.74, 6) is 1.64. The number of hydrogen-bond donors (Lipinski definition) is 0. The van der Waals surface area contributed by atoms with Crippen LogP contribution in [0.15, 0.2) is 30.7 Å². The Bertz CT molecular complexity index is 686. The summed E-state index contributed by atoms with van der Waals surface area (Å²) < 4.78 is 6.09. The molecular formula is C17H18ClN3O2. The molecule has 0 atom stereocenters. The molecule has 1 aliphatic heterocycles. The van der Waals surface area contributed by atoms with E-state index in [4.69, 9.17) is 16.3 Å². The average Bonchev–Trinajstić information content (AvgIpc) is 2.59. The van der Waals surface area contributed by atoms with Crippen molar-refractivity contribution in [3.63, 3.8) is 0 Å². The molecule has 1 aromatic heterocycles. The second-order valence-electron chi connectivity index (χ2n) is 5.61. The van der Waals surface area contributed by atoms with Gasteiger partial charge in [-0.05, 0) is 25.1 Å². The molecule has 1 saturated heterocycles. The molecule has 5 nitrogen and oxygen atoms in total. The quantitative estimate of drug-likeness (QED) is 0.805. The number of halogens is 1. The molecule has 1 fully saturated rings. The van der Waals surface area contributed by atoms with Gasteiger partial charge in [-0.2, -0.15) is 0 Å². The molecule has 0 bridgehead atoms. The molecule has 0 spiro atoms. The van der Waals surface area contributed by atoms with Crippen molar-refractivity contribution in [1.29, 1.82) is 0 Å². The zero-order valence-electron chi connectivity index (χ0n) is 12.9. The number of piperidine rings is 1. The molecule has 120 valence electrons. The third-order valence-electron chi connectivity index (χ3n) is 4.12. The van der Waals surface area contributed by atoms with Gasteiger partial charge in [0.15, 0.2) is 6.29 Å². The fourth-order valence-electron chi connectivity index (χ4n) is 2.77. The summed E-state index contributed by atoms with van der Waals surface area (Å²) in [5, 5.41) is 0.520. The molecule has 1 aliphatic rings. The van der Waals surface area contributed by atoms with Crippen LogP contribution in [0.1, 0.15) is 28.8 Å². The number of carbonyl (C=O) groups excluding carboxylic acids is 1. The third kappa shape index (κ3) is 3.62. The van der Waals surface area contributed by atoms with E-state index >= 15 is 0 Å². The molecule has 0 aliphatic carbocycles. The van der Waals surface area contributed by atoms with Crippen molar-refractivity contribution < 1.29 is 9.53 Å². The number of hydrogen-bond acceptors (Lipinski definition) is 5. The molecule has 23 heavy (non-hydrogen) atoms. The molecule has 0 saturated carbocycles. The maximum Gasteiger partial charge on any atom is 0.150 e. The van der Waals surface area contributed by atoms with Crippen LogP contribution in [0.25, 0.3) is 0 Å². The van der Waals surface area contributed by atoms with Gasteiger partial charge in [0.1, 0.15) is 24.0 Å². The van der Waals surface area contributed by atoms with E-state index in [1.54, 1.807) is 24.7 Å². The number of benzene rings is 1. The summed E-state index contributed by atoms with van der Waals surface area (Å²) in [6.45, 7) is 3.63. The molecule has 6 heteroatoms. The predicted molar refractivity (Wildman–Crippen MR) is 89.5 cm³/mol. The Hall–Kier alpha value is -2.14. The second-order valence-corrected chi connectivity index (χ2v) is 6.04. The molecule has 0 unspecified atom stereocenters. The van der Waals surface area contributed by atoms with Crippen LogP contribution in [0.5, 0.6) is 5.75 Å². The van der Waals surface area contributed by atoms with E-state index in [2.05, 4.69) is 14.9 Å². The standard InChI is InChI=1S/C17H18ClN3O2/c1-12-13(10-22)8-14(18)9-16(12)23-15-3-6-21(7-4-15)17-2-5-19-11-20-17/h2,5,8-11,15H,3-4,6-7H2,1H3. The summed E-state index contributed by atoms with van der Waals surface area (Å²) in [7, 11) is 0. The lowest BCUT2D eigenvalue weighted by Gasteiger charge is -2.33. The summed E-state index contributed by atoms with van der Waals surface area (Å²) in [6.07, 6.45) is 6.03. The molecular weight excluding hydrogens is 314 g/mol. The number of aromatic nitrogens is 2. The van der Waals surface area contributed by atoms with Crippen molar-refractivity contribution in [3.05, 3.63) is 46.9 Å². The Balaban J connectivity index is 1.65. The first kappa shape index (κ1) is 15.7. The summed E-state index contributed by atoms with van der Waals surface area (Å²) in [6, 6.07) is 5.35. The zero-order chi connectivity index (χ0) is 16.2. The largest absolute Gasteiger partial charge is 0.490 e. The Labute approximate surface area is 140 Å². The molecule has 0 radical (unpaired) electrons. The van der Waals surface area contributed by atoms with Crippen molar-refractivity contribution in [3.8, 4) is 5.75 Å². The molecule has 1 aromatic carbocycles. The van der Waals surface area contributed by atoms with Crippen molar-refractivity contribution in [1.82, 2.24) is 9.97 Å². The second kappa shape index (κ2) is 6.96. The molecule has 2 aromatic rings. The number of rotatable bonds is 4. The van der Waals surface area contributed by atoms with Crippen LogP contribution in [0.2, 0.25) is 5.02 Å². The van der Waals surface area contributed by atoms with E-state index in [-0.39, 0.29) is 6.10 Å². The van der Waals surface area contributed by atoms with Gasteiger partial charge in [-0.1, -0.05) is 11.6 Å². The van der Waals surface area contributed by atoms with E-state index in [0.29, 0.717) is 16.3 Å². The Morgan fingerprint density at radius 1 is 1.35 bits per heavy atom. The summed E-state index contributed by atoms with van der Waals surface area (Å²) in [5.41, 5.74) is 1.41. The van der Waals surface area contributed by atoms with Crippen molar-refractivity contribution in [2.45, 2.75) is 25.9 Å². The molecule has 0 N–H and O–H groups in total. The van der Waals surface area contributed by atoms with Crippen LogP contribution >= 0.6 is 11.6 Å². The van der Waals surface area contributed by atoms with Crippen LogP contribution in [0.4, 0.5) is 5.82 Å². The smallest absolute Gasteiger partial charge is 0.150 e. The van der Waals surface area contributed by atoms with Crippen molar-refractivity contribution in [2.24, 2.45) is 0 Å². The summed E-state index contributed by atoms with van der Waals surface area (Å²) >= 11 is 6.06. The highest BCUT2D eigenvalue weighted by molar-refractivity contribution is 6.31. The van der Waals surface area contributed by atoms with Crippen LogP contribution in [-0.2, 0) is 0 Å². The zero-order valence-corrected chi connectivity index (χ0v) is 13.7. The predicted octanol–water partition coefficient (Wildman–Crippen LogP) is 3.30. The number of anilines is 1. The van der Waals surface area contributed by atoms with Crippen LogP contribution in [-0.4, -0.2) is 35.4 Å². The van der Waals surface area contributed by atoms with Gasteiger partial charge in [-0.3, -0.25) is 4.79 Å². The lowest BCUT2D eigenvalue weighted by molar-refractivity contribution is 0.112. The fourth-order valence-corrected chi connectivity index (χ4v) is 2.99. The first-order valence-corrected chi connectivity index (χ1v) is 7.98. The highest BCUT2D eigenvalue weighted by Gasteiger charge is 2.22. The highest BCUT2D eigenvalue weighted by Crippen LogP contribution is 2.29. The highest BCUT2D eigenvalue weighted by atomic mass is 35.5. The average molecular weight is 332 g/mol. The van der Waals surface area contributed by atoms with E-state index in [9.17, 15) is 4.79 Å². The Morgan fingerprint density at radius 3 is 2.78 bits per heavy atom. The minimum absolute atomic E-state index is 0.116. The van der Waals surface area contributed by atoms with Crippen molar-refractivity contribution in [2.75, 3.05) is 18.0 Å². The minimum Gasteiger partial charge on any atom is -0.490 e. The summed E-state index contributed by atoms with van der Waals surface area (Å²) in [4.78, 5) is 21.5. The van der Waals surface area contributed by atoms with Crippen LogP contribution < -0.4 is 9.64 Å². The van der Waals surface area contributed by atoms with Gasteiger partial charge < -0.3 is 9.64 Å². The third-order valence-corrected chi connectivity index (χ3v) is 4.34. The SMILES string of the molecule is Cc1c(C=O)cc(Cl)cc1OC1CCN(c2ccncn2)CC1. The lowest BCUT2D eigenvalue weighted by atomic mass is 10.1. The topological polar surface area (TPSA) is 55.3 Å². The Morgan fingerprint density at radius 2 is 2.13 bits per heavy atom. The molecule has 0 amide bonds. The van der Waals surface area contributed by atoms with Gasteiger partial charge >= 0.3 is 0 Å². The normalized spacial score (nSPS) is 15.5. The van der Waals surface area contributed by atoms with Gasteiger partial charge in [-0.25, -0.2) is 9.97 Å². The lowest BCUT2D eigenvalue weighted by Crippen LogP contribution is -2.38. The minimum atomic E-state index is 0.116. The van der Waals surface area contributed by atoms with E-state index in [1.807, 2.05) is 13.0 Å². The maximum absolute atomic E-state index is 11.1. The van der Waals surface area contributed by atoms with Crippen LogP contribution in [0.3, 0.4) is 0 Å². The van der Waals surface area contributed by atoms with Gasteiger partial charge in [0.05, 0.1) is 0 Å². The number of ether oxygens (including phenoxy) is 1. The number of nitrogens with zero attached hydrogens (tertiary/aromatic N) is 3. The van der Waals surface area contributed by atoms with E-state index < -0.39 is 0 Å². The van der Waals surface area contributed by atoms with Gasteiger partial charge in [-0.15, -0.1) is 0 Å². The fraction of sp³-hybridized carbons (Fsp3) is 0.353. The molecule has 3 rings (SSSR count). The van der Waals surface area contributed by atoms with Crippen molar-refractivity contribution >= 4 is 23.7 Å². The maximum atomic E-state index is 11.1. The van der Waals surface area contributed by atoms with E-state index in [0.717, 1.165) is 43.6 Å². The monoisotopic (exact) mass is 331 g/mol. The Kier molecular flexibility index (Phi) is 4.76. The first-order valence-electron chi connectivity index (χ1n) is 7.60. The first-order chi connectivity index (χ1) is 11.2. The van der Waals surface area contributed by atoms with Crippen LogP contribution in [0, 0.1) is 6.92 Å². The number of aldehydes is 1. The number of carbonyl (C=O) groups is 1. The van der Waals surface area contributed by atoms with Gasteiger partial charge in [0.25, 0.3) is 0 Å². The van der Waals surface area contributed by atoms with E-state index in [1.165, 1.54) is 0 Å². The molecule has 2 heterocycles.